The van der Waals surface area contributed by atoms with E-state index in [0.717, 1.165) is 12.0 Å². The van der Waals surface area contributed by atoms with Gasteiger partial charge >= 0.3 is 0 Å². The Morgan fingerprint density at radius 1 is 1.19 bits per heavy atom. The first kappa shape index (κ1) is 14.8. The minimum absolute atomic E-state index is 0.0909. The number of aliphatic hydroxyl groups excluding tert-OH is 1. The number of benzene rings is 1. The van der Waals surface area contributed by atoms with Gasteiger partial charge in [-0.15, -0.1) is 0 Å². The highest BCUT2D eigenvalue weighted by atomic mass is 16.3. The quantitative estimate of drug-likeness (QED) is 0.844. The Balaban J connectivity index is 2.04. The summed E-state index contributed by atoms with van der Waals surface area (Å²) in [4.78, 5) is 16.7. The highest BCUT2D eigenvalue weighted by molar-refractivity contribution is 5.92. The summed E-state index contributed by atoms with van der Waals surface area (Å²) in [5.74, 6) is -0.207. The lowest BCUT2D eigenvalue weighted by Gasteiger charge is -2.21. The lowest BCUT2D eigenvalue weighted by atomic mass is 10.1. The number of nitrogens with zero attached hydrogens (tertiary/aromatic N) is 2. The molecule has 0 fully saturated rings. The van der Waals surface area contributed by atoms with E-state index in [2.05, 4.69) is 4.98 Å². The van der Waals surface area contributed by atoms with Crippen LogP contribution in [0.1, 0.15) is 21.7 Å². The Morgan fingerprint density at radius 3 is 2.57 bits per heavy atom. The first-order valence-corrected chi connectivity index (χ1v) is 6.77. The molecule has 2 rings (SSSR count). The number of aromatic amines is 1. The van der Waals surface area contributed by atoms with E-state index < -0.39 is 0 Å². The van der Waals surface area contributed by atoms with Crippen LogP contribution in [0.5, 0.6) is 0 Å². The van der Waals surface area contributed by atoms with Gasteiger partial charge in [-0.2, -0.15) is 5.26 Å². The Morgan fingerprint density at radius 2 is 1.95 bits per heavy atom. The van der Waals surface area contributed by atoms with E-state index >= 15 is 0 Å². The van der Waals surface area contributed by atoms with Crippen molar-refractivity contribution in [1.29, 1.82) is 5.26 Å². The van der Waals surface area contributed by atoms with Crippen molar-refractivity contribution in [2.45, 2.75) is 6.42 Å². The minimum Gasteiger partial charge on any atom is -0.395 e. The molecule has 2 aromatic rings. The third-order valence-electron chi connectivity index (χ3n) is 3.21. The van der Waals surface area contributed by atoms with Crippen LogP contribution in [-0.4, -0.2) is 40.6 Å². The van der Waals surface area contributed by atoms with Crippen molar-refractivity contribution in [3.05, 3.63) is 59.4 Å². The SMILES string of the molecule is N#Cc1ccc(C(=O)N(CCO)CCc2ccccc2)[nH]1. The molecule has 0 aliphatic carbocycles. The Hall–Kier alpha value is -2.58. The standard InChI is InChI=1S/C16H17N3O2/c17-12-14-6-7-15(18-14)16(21)19(10-11-20)9-8-13-4-2-1-3-5-13/h1-7,18,20H,8-11H2. The molecule has 0 spiro atoms. The van der Waals surface area contributed by atoms with Crippen LogP contribution in [-0.2, 0) is 6.42 Å². The van der Waals surface area contributed by atoms with Crippen LogP contribution < -0.4 is 0 Å². The maximum Gasteiger partial charge on any atom is 0.270 e. The molecule has 2 N–H and O–H groups in total. The number of hydrogen-bond acceptors (Lipinski definition) is 3. The van der Waals surface area contributed by atoms with E-state index in [9.17, 15) is 4.79 Å². The minimum atomic E-state index is -0.207. The van der Waals surface area contributed by atoms with Gasteiger partial charge in [0, 0.05) is 13.1 Å². The van der Waals surface area contributed by atoms with Crippen LogP contribution >= 0.6 is 0 Å². The summed E-state index contributed by atoms with van der Waals surface area (Å²) in [5, 5.41) is 17.9. The van der Waals surface area contributed by atoms with E-state index in [0.29, 0.717) is 17.9 Å². The van der Waals surface area contributed by atoms with Gasteiger partial charge in [0.25, 0.3) is 5.91 Å². The van der Waals surface area contributed by atoms with Crippen LogP contribution in [0.15, 0.2) is 42.5 Å². The average molecular weight is 283 g/mol. The number of nitriles is 1. The summed E-state index contributed by atoms with van der Waals surface area (Å²) in [7, 11) is 0. The van der Waals surface area contributed by atoms with E-state index in [1.165, 1.54) is 0 Å². The van der Waals surface area contributed by atoms with Crippen molar-refractivity contribution in [3.63, 3.8) is 0 Å². The number of nitrogens with one attached hydrogen (secondary N) is 1. The summed E-state index contributed by atoms with van der Waals surface area (Å²) in [6, 6.07) is 15.0. The van der Waals surface area contributed by atoms with Gasteiger partial charge in [0.2, 0.25) is 0 Å². The molecule has 0 saturated heterocycles. The molecule has 0 unspecified atom stereocenters. The first-order chi connectivity index (χ1) is 10.2. The van der Waals surface area contributed by atoms with Crippen molar-refractivity contribution in [2.24, 2.45) is 0 Å². The summed E-state index contributed by atoms with van der Waals surface area (Å²) >= 11 is 0. The second-order valence-electron chi connectivity index (χ2n) is 4.65. The molecule has 5 nitrogen and oxygen atoms in total. The maximum absolute atomic E-state index is 12.4. The number of rotatable bonds is 6. The van der Waals surface area contributed by atoms with Crippen LogP contribution in [0, 0.1) is 11.3 Å². The fraction of sp³-hybridized carbons (Fsp3) is 0.250. The molecule has 0 aliphatic rings. The average Bonchev–Trinajstić information content (AvgIpc) is 3.01. The normalized spacial score (nSPS) is 10.1. The molecule has 108 valence electrons. The van der Waals surface area contributed by atoms with E-state index in [4.69, 9.17) is 10.4 Å². The molecule has 0 aliphatic heterocycles. The van der Waals surface area contributed by atoms with Gasteiger partial charge in [-0.3, -0.25) is 4.79 Å². The summed E-state index contributed by atoms with van der Waals surface area (Å²) in [5.41, 5.74) is 1.86. The molecular weight excluding hydrogens is 266 g/mol. The largest absolute Gasteiger partial charge is 0.395 e. The molecule has 0 atom stereocenters. The topological polar surface area (TPSA) is 80.1 Å². The fourth-order valence-corrected chi connectivity index (χ4v) is 2.10. The van der Waals surface area contributed by atoms with Gasteiger partial charge in [-0.25, -0.2) is 0 Å². The van der Waals surface area contributed by atoms with E-state index in [1.54, 1.807) is 17.0 Å². The predicted octanol–water partition coefficient (Wildman–Crippen LogP) is 1.56. The molecule has 0 bridgehead atoms. The maximum atomic E-state index is 12.4. The zero-order chi connectivity index (χ0) is 15.1. The van der Waals surface area contributed by atoms with E-state index in [-0.39, 0.29) is 19.1 Å². The molecule has 5 heteroatoms. The third-order valence-corrected chi connectivity index (χ3v) is 3.21. The monoisotopic (exact) mass is 283 g/mol. The molecule has 1 aromatic heterocycles. The molecule has 1 aromatic carbocycles. The van der Waals surface area contributed by atoms with Crippen LogP contribution in [0.3, 0.4) is 0 Å². The smallest absolute Gasteiger partial charge is 0.270 e. The zero-order valence-electron chi connectivity index (χ0n) is 11.6. The van der Waals surface area contributed by atoms with Gasteiger partial charge in [-0.05, 0) is 24.1 Å². The number of amides is 1. The van der Waals surface area contributed by atoms with Gasteiger partial charge < -0.3 is 15.0 Å². The third kappa shape index (κ3) is 3.94. The number of aromatic nitrogens is 1. The molecule has 0 saturated carbocycles. The number of hydrogen-bond donors (Lipinski definition) is 2. The van der Waals surface area contributed by atoms with Gasteiger partial charge in [0.05, 0.1) is 6.61 Å². The van der Waals surface area contributed by atoms with E-state index in [1.807, 2.05) is 36.4 Å². The molecule has 1 heterocycles. The van der Waals surface area contributed by atoms with Gasteiger partial charge in [0.1, 0.15) is 17.5 Å². The molecular formula is C16H17N3O2. The second-order valence-corrected chi connectivity index (χ2v) is 4.65. The van der Waals surface area contributed by atoms with Crippen molar-refractivity contribution in [2.75, 3.05) is 19.7 Å². The van der Waals surface area contributed by atoms with Crippen molar-refractivity contribution in [3.8, 4) is 6.07 Å². The number of aliphatic hydroxyl groups is 1. The molecule has 0 radical (unpaired) electrons. The Labute approximate surface area is 123 Å². The first-order valence-electron chi connectivity index (χ1n) is 6.77. The van der Waals surface area contributed by atoms with Crippen molar-refractivity contribution < 1.29 is 9.90 Å². The molecule has 1 amide bonds. The number of carbonyl (C=O) groups excluding carboxylic acids is 1. The lowest BCUT2D eigenvalue weighted by Crippen LogP contribution is -2.35. The van der Waals surface area contributed by atoms with Crippen molar-refractivity contribution >= 4 is 5.91 Å². The van der Waals surface area contributed by atoms with Gasteiger partial charge in [-0.1, -0.05) is 30.3 Å². The predicted molar refractivity (Wildman–Crippen MR) is 78.6 cm³/mol. The fourth-order valence-electron chi connectivity index (χ4n) is 2.10. The Bertz CT molecular complexity index is 628. The second kappa shape index (κ2) is 7.27. The number of H-pyrrole nitrogens is 1. The van der Waals surface area contributed by atoms with Gasteiger partial charge in [0.15, 0.2) is 0 Å². The summed E-state index contributed by atoms with van der Waals surface area (Å²) in [6.45, 7) is 0.698. The highest BCUT2D eigenvalue weighted by Gasteiger charge is 2.16. The lowest BCUT2D eigenvalue weighted by molar-refractivity contribution is 0.0719. The molecule has 21 heavy (non-hydrogen) atoms. The highest BCUT2D eigenvalue weighted by Crippen LogP contribution is 2.07. The van der Waals surface area contributed by atoms with Crippen molar-refractivity contribution in [1.82, 2.24) is 9.88 Å². The summed E-state index contributed by atoms with van der Waals surface area (Å²) in [6.07, 6.45) is 0.721. The number of carbonyl (C=O) groups is 1. The van der Waals surface area contributed by atoms with Crippen LogP contribution in [0.25, 0.3) is 0 Å². The van der Waals surface area contributed by atoms with Crippen LogP contribution in [0.2, 0.25) is 0 Å². The van der Waals surface area contributed by atoms with Crippen LogP contribution in [0.4, 0.5) is 0 Å². The summed E-state index contributed by atoms with van der Waals surface area (Å²) < 4.78 is 0. The zero-order valence-corrected chi connectivity index (χ0v) is 11.6. The Kier molecular flexibility index (Phi) is 5.13.